The molecule has 0 aliphatic carbocycles. The molecule has 512 valence electrons. The van der Waals surface area contributed by atoms with E-state index in [0.29, 0.717) is 35.9 Å². The predicted molar refractivity (Wildman–Crippen MR) is 426 cm³/mol. The van der Waals surface area contributed by atoms with Gasteiger partial charge in [-0.1, -0.05) is 164 Å². The molecule has 0 atom stereocenters. The Hall–Kier alpha value is -13.0. The van der Waals surface area contributed by atoms with E-state index in [9.17, 15) is 14.4 Å². The molecule has 104 heavy (non-hydrogen) atoms. The van der Waals surface area contributed by atoms with Crippen molar-refractivity contribution in [2.24, 2.45) is 5.41 Å². The van der Waals surface area contributed by atoms with Crippen LogP contribution in [0.1, 0.15) is 56.8 Å². The zero-order chi connectivity index (χ0) is 71.2. The number of fused-ring (bicyclic) bond motifs is 4. The predicted octanol–water partition coefficient (Wildman–Crippen LogP) is 24.6. The Kier molecular flexibility index (Phi) is 20.8. The lowest BCUT2D eigenvalue weighted by molar-refractivity contribution is -0.153. The quantitative estimate of drug-likeness (QED) is 0.0280. The first kappa shape index (κ1) is 68.2. The van der Waals surface area contributed by atoms with E-state index in [4.69, 9.17) is 18.6 Å². The summed E-state index contributed by atoms with van der Waals surface area (Å²) in [5.74, 6) is 0.272. The third-order valence-electron chi connectivity index (χ3n) is 18.2. The van der Waals surface area contributed by atoms with Gasteiger partial charge in [0.15, 0.2) is 0 Å². The van der Waals surface area contributed by atoms with E-state index in [2.05, 4.69) is 311 Å². The van der Waals surface area contributed by atoms with Crippen molar-refractivity contribution in [3.05, 3.63) is 362 Å². The summed E-state index contributed by atoms with van der Waals surface area (Å²) < 4.78 is 21.5. The van der Waals surface area contributed by atoms with Gasteiger partial charge in [-0.25, -0.2) is 9.59 Å². The first-order chi connectivity index (χ1) is 51.0. The van der Waals surface area contributed by atoms with E-state index in [1.807, 2.05) is 20.8 Å². The van der Waals surface area contributed by atoms with Gasteiger partial charge in [0, 0.05) is 84.9 Å². The second kappa shape index (κ2) is 31.7. The molecule has 11 nitrogen and oxygen atoms in total. The van der Waals surface area contributed by atoms with Gasteiger partial charge in [-0.3, -0.25) is 4.79 Å². The van der Waals surface area contributed by atoms with Crippen molar-refractivity contribution in [3.8, 4) is 11.5 Å². The van der Waals surface area contributed by atoms with Crippen molar-refractivity contribution >= 4 is 123 Å². The van der Waals surface area contributed by atoms with Crippen molar-refractivity contribution in [1.29, 1.82) is 0 Å². The SMILES string of the molecule is CC(C)(C)C(=O)OCCCCCCOc1ccc(C(=O)Oc2ccc3ccc(=O)oc3c2)cc1.c1ccc(N(c2ccc(N(c3ccc(N(c4ccccc4)c4cccc5ccccc45)cc3)c3ccc(N(c4ccccc4)c4cccc5ccccc45)cc3)cc2)c2cccc3ccccc23)cc1. The van der Waals surface area contributed by atoms with E-state index in [0.717, 1.165) is 99.3 Å². The lowest BCUT2D eigenvalue weighted by Gasteiger charge is -2.31. The Morgan fingerprint density at radius 1 is 0.327 bits per heavy atom. The molecule has 0 fully saturated rings. The first-order valence-corrected chi connectivity index (χ1v) is 35.2. The number of unbranched alkanes of at least 4 members (excludes halogenated alkanes) is 3. The van der Waals surface area contributed by atoms with Crippen molar-refractivity contribution in [3.63, 3.8) is 0 Å². The minimum atomic E-state index is -0.517. The summed E-state index contributed by atoms with van der Waals surface area (Å²) >= 11 is 0. The maximum atomic E-state index is 12.4. The second-order valence-corrected chi connectivity index (χ2v) is 26.4. The van der Waals surface area contributed by atoms with Crippen molar-refractivity contribution in [1.82, 2.24) is 0 Å². The number of rotatable bonds is 22. The molecule has 0 radical (unpaired) electrons. The van der Waals surface area contributed by atoms with Crippen molar-refractivity contribution in [2.45, 2.75) is 46.5 Å². The van der Waals surface area contributed by atoms with Gasteiger partial charge in [0.1, 0.15) is 17.1 Å². The van der Waals surface area contributed by atoms with Gasteiger partial charge in [0.25, 0.3) is 0 Å². The van der Waals surface area contributed by atoms with Gasteiger partial charge in [0.2, 0.25) is 0 Å². The van der Waals surface area contributed by atoms with E-state index in [1.54, 1.807) is 42.5 Å². The van der Waals surface area contributed by atoms with Crippen LogP contribution in [0.15, 0.2) is 355 Å². The molecule has 0 aliphatic heterocycles. The third kappa shape index (κ3) is 15.8. The standard InChI is InChI=1S/C66H48N4.C27H30O7/c1-4-25-52(26-5-1)68(64-34-16-22-49-19-10-13-31-61(49)64)58-43-37-55(38-44-58)67(56-39-45-59(46-40-56)69(53-27-6-2-7-28-53)65-35-17-23-50-20-11-14-32-62(50)65)57-41-47-60(48-42-57)70(54-29-8-3-9-30-54)66-36-18-24-51-21-12-15-33-63(51)66;1-27(2,3)26(30)32-17-7-5-4-6-16-31-21-12-9-20(10-13-21)25(29)33-22-14-8-19-11-15-24(28)34-23(19)18-22/h1-48H;8-15,18H,4-7,16-17H2,1-3H3. The largest absolute Gasteiger partial charge is 0.494 e. The lowest BCUT2D eigenvalue weighted by Crippen LogP contribution is -2.23. The van der Waals surface area contributed by atoms with Crippen LogP contribution in [-0.2, 0) is 9.53 Å². The minimum Gasteiger partial charge on any atom is -0.494 e. The normalized spacial score (nSPS) is 11.2. The number of ether oxygens (including phenoxy) is 3. The highest BCUT2D eigenvalue weighted by atomic mass is 16.5. The summed E-state index contributed by atoms with van der Waals surface area (Å²) in [5, 5.41) is 7.93. The number of carbonyl (C=O) groups is 2. The second-order valence-electron chi connectivity index (χ2n) is 26.4. The van der Waals surface area contributed by atoms with Crippen LogP contribution in [0.25, 0.3) is 43.3 Å². The highest BCUT2D eigenvalue weighted by molar-refractivity contribution is 6.02. The fraction of sp³-hybridized carbons (Fsp3) is 0.108. The fourth-order valence-corrected chi connectivity index (χ4v) is 13.0. The smallest absolute Gasteiger partial charge is 0.343 e. The Balaban J connectivity index is 0.000000226. The maximum Gasteiger partial charge on any atom is 0.343 e. The summed E-state index contributed by atoms with van der Waals surface area (Å²) in [6, 6.07) is 119. The molecule has 14 aromatic carbocycles. The van der Waals surface area contributed by atoms with Crippen LogP contribution in [0.5, 0.6) is 11.5 Å². The summed E-state index contributed by atoms with van der Waals surface area (Å²) in [4.78, 5) is 44.9. The molecule has 15 rings (SSSR count). The van der Waals surface area contributed by atoms with Crippen LogP contribution in [0.3, 0.4) is 0 Å². The monoisotopic (exact) mass is 1360 g/mol. The zero-order valence-corrected chi connectivity index (χ0v) is 58.3. The summed E-state index contributed by atoms with van der Waals surface area (Å²) in [7, 11) is 0. The Labute approximate surface area is 606 Å². The van der Waals surface area contributed by atoms with Crippen LogP contribution in [0, 0.1) is 5.41 Å². The number of anilines is 12. The van der Waals surface area contributed by atoms with E-state index >= 15 is 0 Å². The molecule has 0 saturated carbocycles. The van der Waals surface area contributed by atoms with Crippen molar-refractivity contribution < 1.29 is 28.2 Å². The number of para-hydroxylation sites is 3. The van der Waals surface area contributed by atoms with Gasteiger partial charge in [-0.05, 0) is 232 Å². The number of hydrogen-bond donors (Lipinski definition) is 0. The highest BCUT2D eigenvalue weighted by Gasteiger charge is 2.24. The van der Waals surface area contributed by atoms with Crippen LogP contribution < -0.4 is 34.7 Å². The zero-order valence-electron chi connectivity index (χ0n) is 58.3. The molecule has 1 aromatic heterocycles. The molecule has 11 heteroatoms. The number of esters is 2. The van der Waals surface area contributed by atoms with Gasteiger partial charge in [-0.15, -0.1) is 0 Å². The average Bonchev–Trinajstić information content (AvgIpc) is 0.780. The van der Waals surface area contributed by atoms with Crippen molar-refractivity contribution in [2.75, 3.05) is 32.8 Å². The van der Waals surface area contributed by atoms with Crippen LogP contribution >= 0.6 is 0 Å². The topological polar surface area (TPSA) is 105 Å². The molecule has 0 unspecified atom stereocenters. The summed E-state index contributed by atoms with van der Waals surface area (Å²) in [6.45, 7) is 6.54. The van der Waals surface area contributed by atoms with Crippen LogP contribution in [0.2, 0.25) is 0 Å². The highest BCUT2D eigenvalue weighted by Crippen LogP contribution is 2.46. The van der Waals surface area contributed by atoms with Gasteiger partial charge >= 0.3 is 17.6 Å². The van der Waals surface area contributed by atoms with Gasteiger partial charge < -0.3 is 38.2 Å². The molecule has 0 spiro atoms. The number of nitrogens with zero attached hydrogens (tertiary/aromatic N) is 4. The van der Waals surface area contributed by atoms with E-state index in [1.165, 1.54) is 44.5 Å². The molecule has 0 amide bonds. The summed E-state index contributed by atoms with van der Waals surface area (Å²) in [5.41, 5.74) is 12.8. The Morgan fingerprint density at radius 2 is 0.673 bits per heavy atom. The Morgan fingerprint density at radius 3 is 1.09 bits per heavy atom. The average molecular weight is 1360 g/mol. The maximum absolute atomic E-state index is 12.4. The number of hydrogen-bond acceptors (Lipinski definition) is 11. The summed E-state index contributed by atoms with van der Waals surface area (Å²) in [6.07, 6.45) is 3.66. The van der Waals surface area contributed by atoms with Gasteiger partial charge in [-0.2, -0.15) is 0 Å². The molecule has 0 aliphatic rings. The molecule has 1 heterocycles. The first-order valence-electron chi connectivity index (χ1n) is 35.2. The number of benzene rings is 14. The molecule has 15 aromatic rings. The molecule has 0 N–H and O–H groups in total. The lowest BCUT2D eigenvalue weighted by atomic mass is 9.97. The van der Waals surface area contributed by atoms with E-state index < -0.39 is 17.0 Å². The van der Waals surface area contributed by atoms with E-state index in [-0.39, 0.29) is 5.97 Å². The molecular formula is C93H78N4O7. The minimum absolute atomic E-state index is 0.172. The molecular weight excluding hydrogens is 1290 g/mol. The van der Waals surface area contributed by atoms with Crippen LogP contribution in [-0.4, -0.2) is 25.2 Å². The molecule has 0 bridgehead atoms. The fourth-order valence-electron chi connectivity index (χ4n) is 13.0. The van der Waals surface area contributed by atoms with Crippen LogP contribution in [0.4, 0.5) is 68.2 Å². The number of carbonyl (C=O) groups excluding carboxylic acids is 2. The van der Waals surface area contributed by atoms with Gasteiger partial charge in [0.05, 0.1) is 41.3 Å². The third-order valence-corrected chi connectivity index (χ3v) is 18.2. The Bertz CT molecular complexity index is 5060. The molecule has 0 saturated heterocycles.